The first kappa shape index (κ1) is 19.4. The number of nitrogens with one attached hydrogen (secondary N) is 1. The fraction of sp³-hybridized carbons (Fsp3) is 0.136. The van der Waals surface area contributed by atoms with Crippen LogP contribution in [-0.2, 0) is 7.05 Å². The highest BCUT2D eigenvalue weighted by Gasteiger charge is 2.20. The average Bonchev–Trinajstić information content (AvgIpc) is 3.19. The molecule has 0 amide bonds. The molecule has 1 unspecified atom stereocenters. The second kappa shape index (κ2) is 8.60. The minimum Gasteiger partial charge on any atom is -0.497 e. The number of imidazole rings is 1. The lowest BCUT2D eigenvalue weighted by Crippen LogP contribution is -2.18. The molecule has 0 bridgehead atoms. The summed E-state index contributed by atoms with van der Waals surface area (Å²) in [5.41, 5.74) is 0.942. The maximum atomic E-state index is 13.1. The number of methoxy groups -OCH3 is 1. The zero-order chi connectivity index (χ0) is 20.9. The van der Waals surface area contributed by atoms with Gasteiger partial charge < -0.3 is 19.4 Å². The Kier molecular flexibility index (Phi) is 5.56. The van der Waals surface area contributed by atoms with E-state index in [1.165, 1.54) is 24.3 Å². The molecule has 2 aromatic carbocycles. The van der Waals surface area contributed by atoms with Gasteiger partial charge in [0.25, 0.3) is 0 Å². The van der Waals surface area contributed by atoms with Crippen molar-refractivity contribution in [3.63, 3.8) is 0 Å². The van der Waals surface area contributed by atoms with E-state index in [0.717, 1.165) is 17.1 Å². The summed E-state index contributed by atoms with van der Waals surface area (Å²) < 4.78 is 26.1. The topological polar surface area (TPSA) is 74.1 Å². The van der Waals surface area contributed by atoms with Crippen molar-refractivity contribution in [2.75, 3.05) is 12.4 Å². The van der Waals surface area contributed by atoms with Gasteiger partial charge in [-0.25, -0.2) is 14.4 Å². The molecule has 30 heavy (non-hydrogen) atoms. The number of nitrogens with zero attached hydrogens (tertiary/aromatic N) is 4. The van der Waals surface area contributed by atoms with Crippen molar-refractivity contribution in [3.8, 4) is 17.4 Å². The normalized spacial score (nSPS) is 11.7. The molecule has 4 aromatic rings. The Bertz CT molecular complexity index is 1130. The number of aryl methyl sites for hydroxylation is 1. The van der Waals surface area contributed by atoms with Crippen LogP contribution >= 0.6 is 0 Å². The molecule has 0 saturated carbocycles. The van der Waals surface area contributed by atoms with Gasteiger partial charge in [0.1, 0.15) is 29.2 Å². The fourth-order valence-electron chi connectivity index (χ4n) is 2.99. The summed E-state index contributed by atoms with van der Waals surface area (Å²) >= 11 is 0. The monoisotopic (exact) mass is 405 g/mol. The summed E-state index contributed by atoms with van der Waals surface area (Å²) in [6.45, 7) is 0. The Morgan fingerprint density at radius 1 is 1.00 bits per heavy atom. The molecular formula is C22H20FN5O2. The van der Waals surface area contributed by atoms with E-state index < -0.39 is 0 Å². The lowest BCUT2D eigenvalue weighted by molar-refractivity contribution is 0.414. The Morgan fingerprint density at radius 2 is 1.83 bits per heavy atom. The number of halogens is 1. The van der Waals surface area contributed by atoms with E-state index in [1.54, 1.807) is 25.6 Å². The van der Waals surface area contributed by atoms with Crippen LogP contribution in [0.4, 0.5) is 10.3 Å². The maximum absolute atomic E-state index is 13.1. The molecule has 0 aliphatic rings. The van der Waals surface area contributed by atoms with E-state index in [4.69, 9.17) is 9.47 Å². The van der Waals surface area contributed by atoms with Crippen LogP contribution in [0.3, 0.4) is 0 Å². The standard InChI is InChI=1S/C22H20FN5O2/c1-28-13-12-24-21(28)20(15-4-3-5-18(14-15)29-2)27-22-25-11-10-19(26-22)30-17-8-6-16(23)7-9-17/h3-14,20H,1-2H3,(H,25,26,27). The zero-order valence-corrected chi connectivity index (χ0v) is 16.5. The summed E-state index contributed by atoms with van der Waals surface area (Å²) in [6.07, 6.45) is 5.20. The van der Waals surface area contributed by atoms with Crippen LogP contribution in [0.25, 0.3) is 0 Å². The van der Waals surface area contributed by atoms with E-state index >= 15 is 0 Å². The molecule has 0 aliphatic heterocycles. The van der Waals surface area contributed by atoms with Gasteiger partial charge in [-0.2, -0.15) is 4.98 Å². The molecule has 1 atom stereocenters. The van der Waals surface area contributed by atoms with Gasteiger partial charge in [0.05, 0.1) is 7.11 Å². The molecule has 152 valence electrons. The summed E-state index contributed by atoms with van der Waals surface area (Å²) in [6, 6.07) is 14.8. The molecule has 0 spiro atoms. The lowest BCUT2D eigenvalue weighted by Gasteiger charge is -2.20. The minimum atomic E-state index is -0.330. The average molecular weight is 405 g/mol. The molecule has 1 N–H and O–H groups in total. The van der Waals surface area contributed by atoms with Crippen molar-refractivity contribution >= 4 is 5.95 Å². The van der Waals surface area contributed by atoms with Crippen LogP contribution in [0.5, 0.6) is 17.4 Å². The third-order valence-electron chi connectivity index (χ3n) is 4.48. The Hall–Kier alpha value is -3.94. The highest BCUT2D eigenvalue weighted by atomic mass is 19.1. The third-order valence-corrected chi connectivity index (χ3v) is 4.48. The largest absolute Gasteiger partial charge is 0.497 e. The maximum Gasteiger partial charge on any atom is 0.226 e. The predicted molar refractivity (Wildman–Crippen MR) is 110 cm³/mol. The smallest absolute Gasteiger partial charge is 0.226 e. The van der Waals surface area contributed by atoms with Gasteiger partial charge in [0, 0.05) is 31.7 Å². The summed E-state index contributed by atoms with van der Waals surface area (Å²) in [4.78, 5) is 13.2. The van der Waals surface area contributed by atoms with Crippen molar-refractivity contribution < 1.29 is 13.9 Å². The molecule has 8 heteroatoms. The number of ether oxygens (including phenoxy) is 2. The fourth-order valence-corrected chi connectivity index (χ4v) is 2.99. The molecule has 2 heterocycles. The van der Waals surface area contributed by atoms with Crippen molar-refractivity contribution in [1.29, 1.82) is 0 Å². The van der Waals surface area contributed by atoms with Gasteiger partial charge in [0.15, 0.2) is 0 Å². The van der Waals surface area contributed by atoms with Crippen LogP contribution in [0.1, 0.15) is 17.4 Å². The molecule has 2 aromatic heterocycles. The van der Waals surface area contributed by atoms with E-state index in [1.807, 2.05) is 42.1 Å². The van der Waals surface area contributed by atoms with E-state index in [9.17, 15) is 4.39 Å². The van der Waals surface area contributed by atoms with Crippen LogP contribution in [0.15, 0.2) is 73.2 Å². The van der Waals surface area contributed by atoms with Crippen molar-refractivity contribution in [3.05, 3.63) is 90.4 Å². The second-order valence-electron chi connectivity index (χ2n) is 6.52. The molecule has 0 saturated heterocycles. The van der Waals surface area contributed by atoms with Gasteiger partial charge in [0.2, 0.25) is 11.8 Å². The van der Waals surface area contributed by atoms with E-state index in [-0.39, 0.29) is 11.9 Å². The van der Waals surface area contributed by atoms with Crippen LogP contribution in [0.2, 0.25) is 0 Å². The van der Waals surface area contributed by atoms with Crippen LogP contribution in [0, 0.1) is 5.82 Å². The van der Waals surface area contributed by atoms with E-state index in [2.05, 4.69) is 20.3 Å². The number of aromatic nitrogens is 4. The van der Waals surface area contributed by atoms with Gasteiger partial charge >= 0.3 is 0 Å². The van der Waals surface area contributed by atoms with Crippen molar-refractivity contribution in [1.82, 2.24) is 19.5 Å². The minimum absolute atomic E-state index is 0.318. The predicted octanol–water partition coefficient (Wildman–Crippen LogP) is 4.35. The molecule has 0 radical (unpaired) electrons. The molecule has 0 aliphatic carbocycles. The first-order valence-electron chi connectivity index (χ1n) is 9.26. The van der Waals surface area contributed by atoms with Gasteiger partial charge in [-0.05, 0) is 42.0 Å². The number of hydrogen-bond donors (Lipinski definition) is 1. The molecular weight excluding hydrogens is 385 g/mol. The summed E-state index contributed by atoms with van der Waals surface area (Å²) in [5, 5.41) is 3.32. The molecule has 0 fully saturated rings. The quantitative estimate of drug-likeness (QED) is 0.493. The SMILES string of the molecule is COc1cccc(C(Nc2nccc(Oc3ccc(F)cc3)n2)c2nccn2C)c1. The van der Waals surface area contributed by atoms with Crippen molar-refractivity contribution in [2.45, 2.75) is 6.04 Å². The third kappa shape index (κ3) is 4.38. The van der Waals surface area contributed by atoms with Gasteiger partial charge in [-0.15, -0.1) is 0 Å². The first-order valence-corrected chi connectivity index (χ1v) is 9.26. The van der Waals surface area contributed by atoms with Crippen LogP contribution < -0.4 is 14.8 Å². The number of hydrogen-bond acceptors (Lipinski definition) is 6. The number of anilines is 1. The summed E-state index contributed by atoms with van der Waals surface area (Å²) in [7, 11) is 3.55. The van der Waals surface area contributed by atoms with Gasteiger partial charge in [-0.1, -0.05) is 12.1 Å². The van der Waals surface area contributed by atoms with Gasteiger partial charge in [-0.3, -0.25) is 0 Å². The second-order valence-corrected chi connectivity index (χ2v) is 6.52. The molecule has 4 rings (SSSR count). The van der Waals surface area contributed by atoms with Crippen LogP contribution in [-0.4, -0.2) is 26.6 Å². The summed E-state index contributed by atoms with van der Waals surface area (Å²) in [5.74, 6) is 2.38. The first-order chi connectivity index (χ1) is 14.6. The highest BCUT2D eigenvalue weighted by molar-refractivity contribution is 5.41. The zero-order valence-electron chi connectivity index (χ0n) is 16.5. The Morgan fingerprint density at radius 3 is 2.57 bits per heavy atom. The van der Waals surface area contributed by atoms with E-state index in [0.29, 0.717) is 17.6 Å². The number of rotatable bonds is 7. The number of benzene rings is 2. The Labute approximate surface area is 173 Å². The Balaban J connectivity index is 1.63. The highest BCUT2D eigenvalue weighted by Crippen LogP contribution is 2.28. The van der Waals surface area contributed by atoms with Crippen molar-refractivity contribution in [2.24, 2.45) is 7.05 Å². The lowest BCUT2D eigenvalue weighted by atomic mass is 10.1. The molecule has 7 nitrogen and oxygen atoms in total.